The highest BCUT2D eigenvalue weighted by atomic mass is 16.1. The molecule has 0 fully saturated rings. The van der Waals surface area contributed by atoms with Gasteiger partial charge in [0.05, 0.1) is 17.1 Å². The Balaban J connectivity index is 1.59. The number of hydrogen-bond acceptors (Lipinski definition) is 5. The van der Waals surface area contributed by atoms with Crippen molar-refractivity contribution in [1.29, 1.82) is 5.41 Å². The average Bonchev–Trinajstić information content (AvgIpc) is 2.70. The number of carbonyl (C=O) groups excluding carboxylic acids is 1. The van der Waals surface area contributed by atoms with E-state index in [1.54, 1.807) is 48.8 Å². The fraction of sp³-hybridized carbons (Fsp3) is 0.136. The number of benzene rings is 2. The number of rotatable bonds is 7. The minimum Gasteiger partial charge on any atom is -0.397 e. The molecule has 0 radical (unpaired) electrons. The van der Waals surface area contributed by atoms with E-state index in [0.717, 1.165) is 11.3 Å². The van der Waals surface area contributed by atoms with Gasteiger partial charge in [-0.2, -0.15) is 0 Å². The second-order valence-corrected chi connectivity index (χ2v) is 6.59. The van der Waals surface area contributed by atoms with Gasteiger partial charge in [0.15, 0.2) is 0 Å². The van der Waals surface area contributed by atoms with Crippen molar-refractivity contribution in [3.05, 3.63) is 84.2 Å². The molecule has 2 aromatic carbocycles. The summed E-state index contributed by atoms with van der Waals surface area (Å²) in [6.45, 7) is 2.02. The monoisotopic (exact) mass is 373 g/mol. The first-order chi connectivity index (χ1) is 13.5. The third-order valence-corrected chi connectivity index (χ3v) is 4.29. The average molecular weight is 373 g/mol. The molecule has 5 N–H and O–H groups in total. The Bertz CT molecular complexity index is 954. The maximum atomic E-state index is 12.4. The molecule has 1 amide bonds. The molecule has 142 valence electrons. The largest absolute Gasteiger partial charge is 0.397 e. The van der Waals surface area contributed by atoms with E-state index in [4.69, 9.17) is 11.1 Å². The smallest absolute Gasteiger partial charge is 0.255 e. The minimum atomic E-state index is -0.234. The molecular weight excluding hydrogens is 350 g/mol. The van der Waals surface area contributed by atoms with Gasteiger partial charge in [0.2, 0.25) is 0 Å². The first-order valence-electron chi connectivity index (χ1n) is 9.03. The van der Waals surface area contributed by atoms with Crippen molar-refractivity contribution in [2.75, 3.05) is 16.4 Å². The minimum absolute atomic E-state index is 0.0840. The van der Waals surface area contributed by atoms with Crippen LogP contribution in [0, 0.1) is 5.41 Å². The van der Waals surface area contributed by atoms with Crippen LogP contribution in [0.25, 0.3) is 0 Å². The second-order valence-electron chi connectivity index (χ2n) is 6.59. The van der Waals surface area contributed by atoms with Crippen LogP contribution < -0.4 is 16.4 Å². The fourth-order valence-corrected chi connectivity index (χ4v) is 2.84. The van der Waals surface area contributed by atoms with Crippen molar-refractivity contribution >= 4 is 28.7 Å². The summed E-state index contributed by atoms with van der Waals surface area (Å²) in [7, 11) is 0. The number of amides is 1. The van der Waals surface area contributed by atoms with Crippen molar-refractivity contribution < 1.29 is 4.79 Å². The van der Waals surface area contributed by atoms with Crippen LogP contribution in [-0.2, 0) is 0 Å². The molecule has 0 aliphatic carbocycles. The van der Waals surface area contributed by atoms with Crippen LogP contribution in [0.3, 0.4) is 0 Å². The van der Waals surface area contributed by atoms with Crippen LogP contribution in [0.2, 0.25) is 0 Å². The number of para-hydroxylation sites is 2. The highest BCUT2D eigenvalue weighted by Gasteiger charge is 2.11. The number of nitrogens with one attached hydrogen (secondary N) is 3. The molecule has 0 spiro atoms. The Morgan fingerprint density at radius 1 is 1.07 bits per heavy atom. The van der Waals surface area contributed by atoms with Crippen molar-refractivity contribution in [2.24, 2.45) is 0 Å². The number of anilines is 3. The predicted molar refractivity (Wildman–Crippen MR) is 114 cm³/mol. The van der Waals surface area contributed by atoms with Gasteiger partial charge in [-0.3, -0.25) is 9.78 Å². The topological polar surface area (TPSA) is 104 Å². The zero-order valence-electron chi connectivity index (χ0n) is 15.6. The van der Waals surface area contributed by atoms with Crippen molar-refractivity contribution in [3.63, 3.8) is 0 Å². The summed E-state index contributed by atoms with van der Waals surface area (Å²) in [6.07, 6.45) is 4.04. The van der Waals surface area contributed by atoms with E-state index in [2.05, 4.69) is 15.6 Å². The first kappa shape index (κ1) is 19.1. The maximum absolute atomic E-state index is 12.4. The lowest BCUT2D eigenvalue weighted by Gasteiger charge is -2.15. The maximum Gasteiger partial charge on any atom is 0.255 e. The van der Waals surface area contributed by atoms with Gasteiger partial charge < -0.3 is 21.8 Å². The summed E-state index contributed by atoms with van der Waals surface area (Å²) < 4.78 is 0. The molecule has 0 unspecified atom stereocenters. The molecule has 0 aliphatic heterocycles. The molecule has 3 aromatic rings. The standard InChI is InChI=1S/C22H23N5O/c1-15(26-18-5-4-12-25-14-18)13-20(24)16-8-10-17(11-9-16)22(28)27-21-7-3-2-6-19(21)23/h2-12,14-15,24,26H,13,23H2,1H3,(H,27,28)/t15-/m1/s1. The Hall–Kier alpha value is -3.67. The Morgan fingerprint density at radius 3 is 2.46 bits per heavy atom. The molecule has 28 heavy (non-hydrogen) atoms. The van der Waals surface area contributed by atoms with Crippen molar-refractivity contribution in [2.45, 2.75) is 19.4 Å². The van der Waals surface area contributed by atoms with Crippen molar-refractivity contribution in [1.82, 2.24) is 4.98 Å². The van der Waals surface area contributed by atoms with Crippen LogP contribution in [0.4, 0.5) is 17.1 Å². The number of hydrogen-bond donors (Lipinski definition) is 4. The van der Waals surface area contributed by atoms with Gasteiger partial charge in [-0.05, 0) is 48.9 Å². The van der Waals surface area contributed by atoms with Gasteiger partial charge in [-0.1, -0.05) is 24.3 Å². The molecule has 0 bridgehead atoms. The summed E-state index contributed by atoms with van der Waals surface area (Å²) in [5.41, 5.74) is 9.69. The molecule has 1 heterocycles. The summed E-state index contributed by atoms with van der Waals surface area (Å²) in [5.74, 6) is -0.234. The Kier molecular flexibility index (Phi) is 6.01. The lowest BCUT2D eigenvalue weighted by molar-refractivity contribution is 0.102. The zero-order chi connectivity index (χ0) is 19.9. The van der Waals surface area contributed by atoms with Gasteiger partial charge >= 0.3 is 0 Å². The van der Waals surface area contributed by atoms with Gasteiger partial charge in [-0.25, -0.2) is 0 Å². The number of pyridine rings is 1. The second kappa shape index (κ2) is 8.81. The third kappa shape index (κ3) is 4.94. The number of nitrogens with zero attached hydrogens (tertiary/aromatic N) is 1. The molecule has 0 aliphatic rings. The van der Waals surface area contributed by atoms with Gasteiger partial charge in [0.1, 0.15) is 0 Å². The lowest BCUT2D eigenvalue weighted by atomic mass is 10.0. The van der Waals surface area contributed by atoms with Crippen molar-refractivity contribution in [3.8, 4) is 0 Å². The number of carbonyl (C=O) groups is 1. The van der Waals surface area contributed by atoms with Gasteiger partial charge in [0.25, 0.3) is 5.91 Å². The van der Waals surface area contributed by atoms with E-state index in [9.17, 15) is 4.79 Å². The van der Waals surface area contributed by atoms with E-state index in [1.807, 2.05) is 31.2 Å². The normalized spacial score (nSPS) is 11.5. The van der Waals surface area contributed by atoms with Crippen LogP contribution >= 0.6 is 0 Å². The highest BCUT2D eigenvalue weighted by molar-refractivity contribution is 6.06. The van der Waals surface area contributed by atoms with E-state index in [0.29, 0.717) is 29.1 Å². The molecule has 1 aromatic heterocycles. The third-order valence-electron chi connectivity index (χ3n) is 4.29. The van der Waals surface area contributed by atoms with Crippen LogP contribution in [0.15, 0.2) is 73.1 Å². The molecule has 1 atom stereocenters. The lowest BCUT2D eigenvalue weighted by Crippen LogP contribution is -2.20. The highest BCUT2D eigenvalue weighted by Crippen LogP contribution is 2.18. The number of nitrogen functional groups attached to an aromatic ring is 1. The first-order valence-corrected chi connectivity index (χ1v) is 9.03. The Labute approximate surface area is 164 Å². The van der Waals surface area contributed by atoms with Gasteiger partial charge in [-0.15, -0.1) is 0 Å². The predicted octanol–water partition coefficient (Wildman–Crippen LogP) is 4.17. The zero-order valence-corrected chi connectivity index (χ0v) is 15.6. The molecule has 0 saturated heterocycles. The summed E-state index contributed by atoms with van der Waals surface area (Å²) in [5, 5.41) is 14.5. The molecular formula is C22H23N5O. The van der Waals surface area contributed by atoms with E-state index in [1.165, 1.54) is 0 Å². The quantitative estimate of drug-likeness (QED) is 0.368. The summed E-state index contributed by atoms with van der Waals surface area (Å²) >= 11 is 0. The summed E-state index contributed by atoms with van der Waals surface area (Å²) in [6, 6.07) is 18.1. The van der Waals surface area contributed by atoms with Crippen LogP contribution in [-0.4, -0.2) is 22.6 Å². The summed E-state index contributed by atoms with van der Waals surface area (Å²) in [4.78, 5) is 16.5. The van der Waals surface area contributed by atoms with Crippen LogP contribution in [0.1, 0.15) is 29.3 Å². The number of aromatic nitrogens is 1. The van der Waals surface area contributed by atoms with E-state index >= 15 is 0 Å². The molecule has 0 saturated carbocycles. The van der Waals surface area contributed by atoms with Gasteiger partial charge in [0, 0.05) is 36.1 Å². The van der Waals surface area contributed by atoms with E-state index < -0.39 is 0 Å². The number of nitrogens with two attached hydrogens (primary N) is 1. The Morgan fingerprint density at radius 2 is 1.79 bits per heavy atom. The molecule has 3 rings (SSSR count). The van der Waals surface area contributed by atoms with E-state index in [-0.39, 0.29) is 11.9 Å². The van der Waals surface area contributed by atoms with Crippen LogP contribution in [0.5, 0.6) is 0 Å². The molecule has 6 nitrogen and oxygen atoms in total. The SMILES string of the molecule is C[C@H](CC(=N)c1ccc(C(=O)Nc2ccccc2N)cc1)Nc1cccnc1. The molecule has 6 heteroatoms. The fourth-order valence-electron chi connectivity index (χ4n) is 2.84.